The van der Waals surface area contributed by atoms with Gasteiger partial charge in [-0.3, -0.25) is 0 Å². The minimum atomic E-state index is -0.129. The molecule has 0 saturated heterocycles. The summed E-state index contributed by atoms with van der Waals surface area (Å²) >= 11 is 18.1. The van der Waals surface area contributed by atoms with E-state index in [1.54, 1.807) is 19.2 Å². The summed E-state index contributed by atoms with van der Waals surface area (Å²) in [4.78, 5) is 0. The van der Waals surface area contributed by atoms with E-state index in [4.69, 9.17) is 44.3 Å². The Kier molecular flexibility index (Phi) is 6.79. The number of ether oxygens (including phenoxy) is 2. The van der Waals surface area contributed by atoms with E-state index in [1.807, 2.05) is 42.5 Å². The van der Waals surface area contributed by atoms with Crippen molar-refractivity contribution in [2.75, 3.05) is 12.4 Å². The molecule has 146 valence electrons. The molecule has 4 nitrogen and oxygen atoms in total. The normalized spacial score (nSPS) is 10.6. The van der Waals surface area contributed by atoms with Gasteiger partial charge in [0.15, 0.2) is 17.2 Å². The zero-order valence-corrected chi connectivity index (χ0v) is 17.3. The van der Waals surface area contributed by atoms with Crippen molar-refractivity contribution in [3.8, 4) is 17.2 Å². The molecule has 0 bridgehead atoms. The highest BCUT2D eigenvalue weighted by molar-refractivity contribution is 6.37. The molecule has 0 aliphatic carbocycles. The van der Waals surface area contributed by atoms with Crippen LogP contribution in [0.5, 0.6) is 17.2 Å². The lowest BCUT2D eigenvalue weighted by Gasteiger charge is -2.14. The molecule has 0 aromatic heterocycles. The van der Waals surface area contributed by atoms with Gasteiger partial charge in [0.25, 0.3) is 0 Å². The van der Waals surface area contributed by atoms with Crippen LogP contribution in [-0.2, 0) is 13.2 Å². The molecular formula is C21H18Cl3NO3. The second kappa shape index (κ2) is 9.28. The highest BCUT2D eigenvalue weighted by Gasteiger charge is 2.09. The summed E-state index contributed by atoms with van der Waals surface area (Å²) in [6.45, 7) is 0.858. The maximum Gasteiger partial charge on any atom is 0.161 e. The number of anilines is 1. The second-order valence-electron chi connectivity index (χ2n) is 6.01. The maximum atomic E-state index is 9.63. The van der Waals surface area contributed by atoms with Gasteiger partial charge < -0.3 is 19.9 Å². The predicted octanol–water partition coefficient (Wildman–Crippen LogP) is 6.55. The van der Waals surface area contributed by atoms with Crippen molar-refractivity contribution < 1.29 is 14.6 Å². The number of hydrogen-bond acceptors (Lipinski definition) is 4. The summed E-state index contributed by atoms with van der Waals surface area (Å²) in [5.74, 6) is 1.12. The second-order valence-corrected chi connectivity index (χ2v) is 7.23. The first-order valence-electron chi connectivity index (χ1n) is 8.43. The summed E-state index contributed by atoms with van der Waals surface area (Å²) in [5, 5.41) is 13.9. The van der Waals surface area contributed by atoms with Crippen molar-refractivity contribution in [3.63, 3.8) is 0 Å². The van der Waals surface area contributed by atoms with Gasteiger partial charge in [-0.1, -0.05) is 59.1 Å². The highest BCUT2D eigenvalue weighted by Crippen LogP contribution is 2.35. The van der Waals surface area contributed by atoms with Crippen LogP contribution in [0.3, 0.4) is 0 Å². The third-order valence-electron chi connectivity index (χ3n) is 4.08. The molecule has 0 unspecified atom stereocenters. The lowest BCUT2D eigenvalue weighted by molar-refractivity contribution is 0.284. The molecule has 28 heavy (non-hydrogen) atoms. The molecule has 0 radical (unpaired) electrons. The fraction of sp³-hybridized carbons (Fsp3) is 0.143. The predicted molar refractivity (Wildman–Crippen MR) is 114 cm³/mol. The first-order chi connectivity index (χ1) is 13.5. The van der Waals surface area contributed by atoms with Gasteiger partial charge in [-0.15, -0.1) is 0 Å². The Bertz CT molecular complexity index is 956. The molecule has 2 N–H and O–H groups in total. The standard InChI is InChI=1S/C21H18Cl3NO3/c1-27-20-8-13(11-25-15-9-17(23)21(26)18(24)10-15)6-7-19(20)28-12-14-4-2-3-5-16(14)22/h2-10,25-26H,11-12H2,1H3. The number of halogens is 3. The molecule has 0 fully saturated rings. The summed E-state index contributed by atoms with van der Waals surface area (Å²) in [6, 6.07) is 16.4. The smallest absolute Gasteiger partial charge is 0.161 e. The fourth-order valence-corrected chi connectivity index (χ4v) is 3.26. The van der Waals surface area contributed by atoms with Crippen LogP contribution < -0.4 is 14.8 Å². The zero-order valence-electron chi connectivity index (χ0n) is 15.0. The average Bonchev–Trinajstić information content (AvgIpc) is 2.70. The number of phenols is 1. The van der Waals surface area contributed by atoms with Crippen molar-refractivity contribution in [2.24, 2.45) is 0 Å². The molecule has 0 aliphatic heterocycles. The van der Waals surface area contributed by atoms with Crippen LogP contribution in [0.1, 0.15) is 11.1 Å². The van der Waals surface area contributed by atoms with Crippen LogP contribution in [0, 0.1) is 0 Å². The monoisotopic (exact) mass is 437 g/mol. The average molecular weight is 439 g/mol. The Morgan fingerprint density at radius 3 is 2.29 bits per heavy atom. The van der Waals surface area contributed by atoms with Gasteiger partial charge in [-0.05, 0) is 35.9 Å². The molecule has 0 heterocycles. The number of nitrogens with one attached hydrogen (secondary N) is 1. The lowest BCUT2D eigenvalue weighted by Crippen LogP contribution is -2.02. The van der Waals surface area contributed by atoms with E-state index in [1.165, 1.54) is 0 Å². The zero-order chi connectivity index (χ0) is 20.1. The number of rotatable bonds is 7. The van der Waals surface area contributed by atoms with E-state index in [-0.39, 0.29) is 15.8 Å². The lowest BCUT2D eigenvalue weighted by atomic mass is 10.2. The number of phenolic OH excluding ortho intramolecular Hbond substituents is 1. The van der Waals surface area contributed by atoms with Crippen LogP contribution in [0.15, 0.2) is 54.6 Å². The topological polar surface area (TPSA) is 50.7 Å². The molecule has 0 atom stereocenters. The summed E-state index contributed by atoms with van der Waals surface area (Å²) < 4.78 is 11.3. The molecule has 7 heteroatoms. The molecule has 0 saturated carbocycles. The number of aromatic hydroxyl groups is 1. The summed E-state index contributed by atoms with van der Waals surface area (Å²) in [6.07, 6.45) is 0. The van der Waals surface area contributed by atoms with Gasteiger partial charge in [-0.25, -0.2) is 0 Å². The van der Waals surface area contributed by atoms with Crippen molar-refractivity contribution in [3.05, 3.63) is 80.8 Å². The fourth-order valence-electron chi connectivity index (χ4n) is 2.58. The van der Waals surface area contributed by atoms with Gasteiger partial charge in [-0.2, -0.15) is 0 Å². The quantitative estimate of drug-likeness (QED) is 0.411. The van der Waals surface area contributed by atoms with E-state index >= 15 is 0 Å². The minimum absolute atomic E-state index is 0.129. The Labute approximate surface area is 178 Å². The van der Waals surface area contributed by atoms with Crippen LogP contribution in [0.2, 0.25) is 15.1 Å². The molecule has 0 spiro atoms. The van der Waals surface area contributed by atoms with Crippen molar-refractivity contribution >= 4 is 40.5 Å². The number of benzene rings is 3. The molecule has 0 amide bonds. The van der Waals surface area contributed by atoms with E-state index < -0.39 is 0 Å². The van der Waals surface area contributed by atoms with Crippen LogP contribution in [0.25, 0.3) is 0 Å². The van der Waals surface area contributed by atoms with Crippen LogP contribution >= 0.6 is 34.8 Å². The number of hydrogen-bond donors (Lipinski definition) is 2. The van der Waals surface area contributed by atoms with Gasteiger partial charge in [0.1, 0.15) is 6.61 Å². The van der Waals surface area contributed by atoms with Gasteiger partial charge in [0.2, 0.25) is 0 Å². The Morgan fingerprint density at radius 2 is 1.61 bits per heavy atom. The number of methoxy groups -OCH3 is 1. The van der Waals surface area contributed by atoms with E-state index in [9.17, 15) is 5.11 Å². The molecule has 3 aromatic carbocycles. The third kappa shape index (κ3) is 4.96. The Balaban J connectivity index is 1.68. The van der Waals surface area contributed by atoms with Crippen molar-refractivity contribution in [1.29, 1.82) is 0 Å². The molecule has 3 rings (SSSR count). The van der Waals surface area contributed by atoms with E-state index in [2.05, 4.69) is 5.32 Å². The van der Waals surface area contributed by atoms with Gasteiger partial charge in [0, 0.05) is 22.8 Å². The van der Waals surface area contributed by atoms with Crippen LogP contribution in [0.4, 0.5) is 5.69 Å². The SMILES string of the molecule is COc1cc(CNc2cc(Cl)c(O)c(Cl)c2)ccc1OCc1ccccc1Cl. The maximum absolute atomic E-state index is 9.63. The van der Waals surface area contributed by atoms with Crippen molar-refractivity contribution in [2.45, 2.75) is 13.2 Å². The van der Waals surface area contributed by atoms with E-state index in [0.717, 1.165) is 11.1 Å². The minimum Gasteiger partial charge on any atom is -0.505 e. The molecule has 3 aromatic rings. The first-order valence-corrected chi connectivity index (χ1v) is 9.56. The molecule has 0 aliphatic rings. The van der Waals surface area contributed by atoms with E-state index in [0.29, 0.717) is 35.4 Å². The van der Waals surface area contributed by atoms with Crippen LogP contribution in [-0.4, -0.2) is 12.2 Å². The third-order valence-corrected chi connectivity index (χ3v) is 5.03. The molecular weight excluding hydrogens is 421 g/mol. The summed E-state index contributed by atoms with van der Waals surface area (Å²) in [5.41, 5.74) is 2.58. The highest BCUT2D eigenvalue weighted by atomic mass is 35.5. The largest absolute Gasteiger partial charge is 0.505 e. The van der Waals surface area contributed by atoms with Gasteiger partial charge >= 0.3 is 0 Å². The summed E-state index contributed by atoms with van der Waals surface area (Å²) in [7, 11) is 1.59. The first kappa shape index (κ1) is 20.5. The Hall–Kier alpha value is -2.27. The Morgan fingerprint density at radius 1 is 0.893 bits per heavy atom. The van der Waals surface area contributed by atoms with Crippen molar-refractivity contribution in [1.82, 2.24) is 0 Å². The van der Waals surface area contributed by atoms with Gasteiger partial charge in [0.05, 0.1) is 17.2 Å².